The highest BCUT2D eigenvalue weighted by Crippen LogP contribution is 2.20. The van der Waals surface area contributed by atoms with Crippen molar-refractivity contribution in [1.29, 1.82) is 0 Å². The summed E-state index contributed by atoms with van der Waals surface area (Å²) in [7, 11) is -4.25. The van der Waals surface area contributed by atoms with Gasteiger partial charge in [0.1, 0.15) is 10.7 Å². The highest BCUT2D eigenvalue weighted by Gasteiger charge is 2.22. The van der Waals surface area contributed by atoms with Gasteiger partial charge in [-0.25, -0.2) is 26.3 Å². The molecule has 2 N–H and O–H groups in total. The Bertz CT molecular complexity index is 574. The molecule has 1 fully saturated rings. The Balaban J connectivity index is 2.07. The maximum absolute atomic E-state index is 13.8. The molecule has 0 atom stereocenters. The minimum Gasteiger partial charge on any atom is -0.310 e. The van der Waals surface area contributed by atoms with Crippen LogP contribution in [0, 0.1) is 5.82 Å². The van der Waals surface area contributed by atoms with Crippen LogP contribution in [0.25, 0.3) is 0 Å². The Hall–Kier alpha value is -1.12. The van der Waals surface area contributed by atoms with Gasteiger partial charge in [-0.1, -0.05) is 6.07 Å². The van der Waals surface area contributed by atoms with Crippen molar-refractivity contribution in [2.24, 2.45) is 0 Å². The first-order valence-corrected chi connectivity index (χ1v) is 7.66. The van der Waals surface area contributed by atoms with Gasteiger partial charge >= 0.3 is 0 Å². The molecule has 0 amide bonds. The zero-order valence-electron chi connectivity index (χ0n) is 10.6. The van der Waals surface area contributed by atoms with Crippen molar-refractivity contribution in [3.63, 3.8) is 0 Å². The number of nitrogens with one attached hydrogen (secondary N) is 2. The third kappa shape index (κ3) is 4.19. The van der Waals surface area contributed by atoms with E-state index in [1.165, 1.54) is 6.07 Å². The number of rotatable bonds is 7. The quantitative estimate of drug-likeness (QED) is 0.805. The van der Waals surface area contributed by atoms with Gasteiger partial charge in [-0.2, -0.15) is 0 Å². The lowest BCUT2D eigenvalue weighted by Crippen LogP contribution is -2.29. The summed E-state index contributed by atoms with van der Waals surface area (Å²) in [6.07, 6.45) is -0.645. The molecule has 0 aromatic heterocycles. The second-order valence-corrected chi connectivity index (χ2v) is 6.40. The van der Waals surface area contributed by atoms with Crippen LogP contribution < -0.4 is 10.0 Å². The molecule has 1 aromatic carbocycles. The molecule has 0 aliphatic heterocycles. The van der Waals surface area contributed by atoms with E-state index < -0.39 is 33.7 Å². The number of hydrogen-bond acceptors (Lipinski definition) is 3. The molecule has 0 bridgehead atoms. The van der Waals surface area contributed by atoms with Crippen LogP contribution >= 0.6 is 0 Å². The van der Waals surface area contributed by atoms with E-state index in [-0.39, 0.29) is 0 Å². The highest BCUT2D eigenvalue weighted by atomic mass is 32.2. The van der Waals surface area contributed by atoms with E-state index in [1.54, 1.807) is 4.72 Å². The van der Waals surface area contributed by atoms with E-state index in [0.29, 0.717) is 18.2 Å². The van der Waals surface area contributed by atoms with Gasteiger partial charge in [0, 0.05) is 12.6 Å². The fraction of sp³-hybridized carbons (Fsp3) is 0.500. The fourth-order valence-electron chi connectivity index (χ4n) is 1.67. The lowest BCUT2D eigenvalue weighted by Gasteiger charge is -2.09. The van der Waals surface area contributed by atoms with Crippen molar-refractivity contribution >= 4 is 10.0 Å². The summed E-state index contributed by atoms with van der Waals surface area (Å²) in [4.78, 5) is -0.617. The molecule has 4 nitrogen and oxygen atoms in total. The fourth-order valence-corrected chi connectivity index (χ4v) is 2.74. The van der Waals surface area contributed by atoms with Crippen LogP contribution in [0.4, 0.5) is 13.2 Å². The third-order valence-electron chi connectivity index (χ3n) is 2.89. The predicted molar refractivity (Wildman–Crippen MR) is 67.5 cm³/mol. The summed E-state index contributed by atoms with van der Waals surface area (Å²) in [5.41, 5.74) is 0.613. The third-order valence-corrected chi connectivity index (χ3v) is 4.34. The Labute approximate surface area is 115 Å². The average molecular weight is 308 g/mol. The van der Waals surface area contributed by atoms with Gasteiger partial charge in [0.05, 0.1) is 6.54 Å². The van der Waals surface area contributed by atoms with Gasteiger partial charge in [0.2, 0.25) is 10.0 Å². The molecule has 1 saturated carbocycles. The van der Waals surface area contributed by atoms with E-state index in [4.69, 9.17) is 0 Å². The Morgan fingerprint density at radius 3 is 2.55 bits per heavy atom. The van der Waals surface area contributed by atoms with E-state index in [0.717, 1.165) is 25.0 Å². The van der Waals surface area contributed by atoms with Crippen molar-refractivity contribution < 1.29 is 21.6 Å². The number of sulfonamides is 1. The van der Waals surface area contributed by atoms with Crippen LogP contribution in [0.2, 0.25) is 0 Å². The van der Waals surface area contributed by atoms with Crippen LogP contribution in [0.1, 0.15) is 18.4 Å². The SMILES string of the molecule is O=S(=O)(NCC(F)F)c1ccc(CNC2CC2)cc1F. The van der Waals surface area contributed by atoms with Gasteiger partial charge < -0.3 is 5.32 Å². The number of hydrogen-bond donors (Lipinski definition) is 2. The largest absolute Gasteiger partial charge is 0.310 e. The summed E-state index contributed by atoms with van der Waals surface area (Å²) in [5.74, 6) is -0.943. The van der Waals surface area contributed by atoms with Crippen LogP contribution in [0.15, 0.2) is 23.1 Å². The lowest BCUT2D eigenvalue weighted by molar-refractivity contribution is 0.153. The maximum Gasteiger partial charge on any atom is 0.251 e. The minimum atomic E-state index is -4.25. The van der Waals surface area contributed by atoms with Crippen molar-refractivity contribution in [2.75, 3.05) is 6.54 Å². The number of halogens is 3. The molecule has 0 radical (unpaired) electrons. The normalized spacial score (nSPS) is 15.8. The van der Waals surface area contributed by atoms with Crippen molar-refractivity contribution in [1.82, 2.24) is 10.0 Å². The first-order chi connectivity index (χ1) is 9.38. The number of benzene rings is 1. The monoisotopic (exact) mass is 308 g/mol. The average Bonchev–Trinajstić information content (AvgIpc) is 3.18. The molecule has 0 heterocycles. The van der Waals surface area contributed by atoms with Crippen LogP contribution in [-0.4, -0.2) is 27.4 Å². The van der Waals surface area contributed by atoms with Crippen molar-refractivity contribution in [3.05, 3.63) is 29.6 Å². The van der Waals surface area contributed by atoms with E-state index in [9.17, 15) is 21.6 Å². The second-order valence-electron chi connectivity index (χ2n) is 4.66. The van der Waals surface area contributed by atoms with Gasteiger partial charge in [0.15, 0.2) is 0 Å². The van der Waals surface area contributed by atoms with Gasteiger partial charge in [0.25, 0.3) is 6.43 Å². The van der Waals surface area contributed by atoms with Crippen LogP contribution in [0.3, 0.4) is 0 Å². The Morgan fingerprint density at radius 2 is 2.00 bits per heavy atom. The van der Waals surface area contributed by atoms with Crippen LogP contribution in [0.5, 0.6) is 0 Å². The number of alkyl halides is 2. The first kappa shape index (κ1) is 15.3. The van der Waals surface area contributed by atoms with E-state index in [2.05, 4.69) is 5.32 Å². The molecule has 1 aromatic rings. The molecule has 1 aliphatic carbocycles. The molecule has 0 saturated heterocycles. The maximum atomic E-state index is 13.8. The second kappa shape index (κ2) is 6.11. The molecule has 0 unspecified atom stereocenters. The summed E-state index contributed by atoms with van der Waals surface area (Å²) in [6, 6.07) is 4.11. The summed E-state index contributed by atoms with van der Waals surface area (Å²) < 4.78 is 62.7. The topological polar surface area (TPSA) is 58.2 Å². The molecular weight excluding hydrogens is 293 g/mol. The van der Waals surface area contributed by atoms with Crippen molar-refractivity contribution in [3.8, 4) is 0 Å². The van der Waals surface area contributed by atoms with Crippen LogP contribution in [-0.2, 0) is 16.6 Å². The smallest absolute Gasteiger partial charge is 0.251 e. The summed E-state index contributed by atoms with van der Waals surface area (Å²) in [6.45, 7) is -0.584. The van der Waals surface area contributed by atoms with Gasteiger partial charge in [-0.3, -0.25) is 0 Å². The molecular formula is C12H15F3N2O2S. The molecule has 2 rings (SSSR count). The van der Waals surface area contributed by atoms with Gasteiger partial charge in [-0.15, -0.1) is 0 Å². The summed E-state index contributed by atoms with van der Waals surface area (Å²) in [5, 5.41) is 3.17. The standard InChI is InChI=1S/C12H15F3N2O2S/c13-10-5-8(6-16-9-2-3-9)1-4-11(10)20(18,19)17-7-12(14)15/h1,4-5,9,12,16-17H,2-3,6-7H2. The Kier molecular flexibility index (Phi) is 4.66. The molecule has 8 heteroatoms. The highest BCUT2D eigenvalue weighted by molar-refractivity contribution is 7.89. The van der Waals surface area contributed by atoms with Crippen molar-refractivity contribution in [2.45, 2.75) is 36.7 Å². The zero-order chi connectivity index (χ0) is 14.8. The first-order valence-electron chi connectivity index (χ1n) is 6.18. The Morgan fingerprint density at radius 1 is 1.30 bits per heavy atom. The zero-order valence-corrected chi connectivity index (χ0v) is 11.4. The van der Waals surface area contributed by atoms with E-state index >= 15 is 0 Å². The molecule has 0 spiro atoms. The molecule has 20 heavy (non-hydrogen) atoms. The minimum absolute atomic E-state index is 0.451. The lowest BCUT2D eigenvalue weighted by atomic mass is 10.2. The summed E-state index contributed by atoms with van der Waals surface area (Å²) >= 11 is 0. The predicted octanol–water partition coefficient (Wildman–Crippen LogP) is 1.62. The van der Waals surface area contributed by atoms with E-state index in [1.807, 2.05) is 0 Å². The molecule has 1 aliphatic rings. The van der Waals surface area contributed by atoms with Gasteiger partial charge in [-0.05, 0) is 30.5 Å². The molecule has 112 valence electrons.